The van der Waals surface area contributed by atoms with Gasteiger partial charge in [0.15, 0.2) is 0 Å². The van der Waals surface area contributed by atoms with Crippen LogP contribution in [0.2, 0.25) is 0 Å². The molecule has 18 heavy (non-hydrogen) atoms. The Hall–Kier alpha value is -1.98. The second kappa shape index (κ2) is 6.09. The summed E-state index contributed by atoms with van der Waals surface area (Å²) in [5, 5.41) is 10.8. The number of amides is 1. The van der Waals surface area contributed by atoms with E-state index in [1.165, 1.54) is 6.92 Å². The van der Waals surface area contributed by atoms with Gasteiger partial charge in [0, 0.05) is 12.0 Å². The molecule has 0 radical (unpaired) electrons. The molecule has 2 N–H and O–H groups in total. The number of carbonyl (C=O) groups excluding carboxylic acids is 1. The van der Waals surface area contributed by atoms with Gasteiger partial charge in [-0.2, -0.15) is 0 Å². The van der Waals surface area contributed by atoms with E-state index in [0.717, 1.165) is 18.2 Å². The Morgan fingerprint density at radius 2 is 2.00 bits per heavy atom. The minimum atomic E-state index is -1.09. The summed E-state index contributed by atoms with van der Waals surface area (Å²) in [6.45, 7) is 1.50. The van der Waals surface area contributed by atoms with Crippen LogP contribution in [0, 0.1) is 11.6 Å². The zero-order chi connectivity index (χ0) is 13.7. The van der Waals surface area contributed by atoms with Gasteiger partial charge in [-0.25, -0.2) is 8.78 Å². The number of halogens is 2. The summed E-state index contributed by atoms with van der Waals surface area (Å²) in [5.74, 6) is -2.83. The highest BCUT2D eigenvalue weighted by Crippen LogP contribution is 2.18. The number of carboxylic acid groups (broad SMARTS) is 1. The number of hydrogen-bond acceptors (Lipinski definition) is 2. The Morgan fingerprint density at radius 3 is 2.61 bits per heavy atom. The third-order valence-electron chi connectivity index (χ3n) is 2.37. The SMILES string of the molecule is CC(NC(=O)CCC(=O)O)c1cc(F)ccc1F. The average Bonchev–Trinajstić information content (AvgIpc) is 2.29. The van der Waals surface area contributed by atoms with E-state index in [0.29, 0.717) is 0 Å². The van der Waals surface area contributed by atoms with Gasteiger partial charge in [-0.15, -0.1) is 0 Å². The predicted molar refractivity (Wildman–Crippen MR) is 59.8 cm³/mol. The summed E-state index contributed by atoms with van der Waals surface area (Å²) >= 11 is 0. The molecule has 4 nitrogen and oxygen atoms in total. The van der Waals surface area contributed by atoms with Gasteiger partial charge in [0.2, 0.25) is 5.91 Å². The lowest BCUT2D eigenvalue weighted by Gasteiger charge is -2.14. The second-order valence-corrected chi connectivity index (χ2v) is 3.85. The van der Waals surface area contributed by atoms with Gasteiger partial charge in [-0.1, -0.05) is 0 Å². The molecule has 1 unspecified atom stereocenters. The van der Waals surface area contributed by atoms with Crippen LogP contribution in [-0.2, 0) is 9.59 Å². The maximum Gasteiger partial charge on any atom is 0.303 e. The van der Waals surface area contributed by atoms with Gasteiger partial charge < -0.3 is 10.4 Å². The van der Waals surface area contributed by atoms with Crippen LogP contribution in [-0.4, -0.2) is 17.0 Å². The van der Waals surface area contributed by atoms with E-state index in [1.54, 1.807) is 0 Å². The molecule has 1 aromatic rings. The smallest absolute Gasteiger partial charge is 0.303 e. The van der Waals surface area contributed by atoms with Crippen LogP contribution in [0.5, 0.6) is 0 Å². The van der Waals surface area contributed by atoms with Crippen LogP contribution in [0.1, 0.15) is 31.4 Å². The molecular formula is C12H13F2NO3. The third-order valence-corrected chi connectivity index (χ3v) is 2.37. The molecule has 0 saturated carbocycles. The zero-order valence-electron chi connectivity index (χ0n) is 9.74. The number of hydrogen-bond donors (Lipinski definition) is 2. The van der Waals surface area contributed by atoms with Crippen molar-refractivity contribution >= 4 is 11.9 Å². The van der Waals surface area contributed by atoms with Crippen molar-refractivity contribution in [3.05, 3.63) is 35.4 Å². The zero-order valence-corrected chi connectivity index (χ0v) is 9.74. The Kier molecular flexibility index (Phi) is 4.76. The lowest BCUT2D eigenvalue weighted by Crippen LogP contribution is -2.27. The quantitative estimate of drug-likeness (QED) is 0.847. The number of carbonyl (C=O) groups is 2. The molecule has 1 amide bonds. The highest BCUT2D eigenvalue weighted by atomic mass is 19.1. The molecule has 0 aliphatic heterocycles. The lowest BCUT2D eigenvalue weighted by molar-refractivity contribution is -0.138. The van der Waals surface area contributed by atoms with Crippen molar-refractivity contribution in [1.82, 2.24) is 5.32 Å². The Morgan fingerprint density at radius 1 is 1.33 bits per heavy atom. The molecule has 0 heterocycles. The monoisotopic (exact) mass is 257 g/mol. The Balaban J connectivity index is 2.64. The van der Waals surface area contributed by atoms with Crippen LogP contribution in [0.15, 0.2) is 18.2 Å². The molecule has 1 atom stereocenters. The van der Waals surface area contributed by atoms with E-state index >= 15 is 0 Å². The number of aliphatic carboxylic acids is 1. The van der Waals surface area contributed by atoms with Crippen molar-refractivity contribution in [1.29, 1.82) is 0 Å². The normalized spacial score (nSPS) is 11.9. The molecule has 0 fully saturated rings. The predicted octanol–water partition coefficient (Wildman–Crippen LogP) is 2.01. The summed E-state index contributed by atoms with van der Waals surface area (Å²) in [7, 11) is 0. The molecule has 1 aromatic carbocycles. The first-order chi connectivity index (χ1) is 8.40. The summed E-state index contributed by atoms with van der Waals surface area (Å²) < 4.78 is 26.3. The van der Waals surface area contributed by atoms with Crippen LogP contribution in [0.3, 0.4) is 0 Å². The number of benzene rings is 1. The third kappa shape index (κ3) is 4.12. The van der Waals surface area contributed by atoms with Gasteiger partial charge in [0.1, 0.15) is 11.6 Å². The maximum atomic E-state index is 13.4. The highest BCUT2D eigenvalue weighted by Gasteiger charge is 2.15. The van der Waals surface area contributed by atoms with E-state index in [4.69, 9.17) is 5.11 Å². The molecule has 0 aliphatic rings. The fourth-order valence-corrected chi connectivity index (χ4v) is 1.46. The molecule has 0 saturated heterocycles. The molecular weight excluding hydrogens is 244 g/mol. The molecule has 0 aromatic heterocycles. The minimum Gasteiger partial charge on any atom is -0.481 e. The first-order valence-corrected chi connectivity index (χ1v) is 5.36. The Labute approximate surface area is 103 Å². The molecule has 98 valence electrons. The fraction of sp³-hybridized carbons (Fsp3) is 0.333. The molecule has 0 spiro atoms. The lowest BCUT2D eigenvalue weighted by atomic mass is 10.1. The van der Waals surface area contributed by atoms with Gasteiger partial charge in [0.05, 0.1) is 12.5 Å². The van der Waals surface area contributed by atoms with Crippen molar-refractivity contribution < 1.29 is 23.5 Å². The second-order valence-electron chi connectivity index (χ2n) is 3.85. The van der Waals surface area contributed by atoms with E-state index in [-0.39, 0.29) is 18.4 Å². The fourth-order valence-electron chi connectivity index (χ4n) is 1.46. The standard InChI is InChI=1S/C12H13F2NO3/c1-7(15-11(16)4-5-12(17)18)9-6-8(13)2-3-10(9)14/h2-3,6-7H,4-5H2,1H3,(H,15,16)(H,17,18). The van der Waals surface area contributed by atoms with Crippen LogP contribution in [0.4, 0.5) is 8.78 Å². The van der Waals surface area contributed by atoms with Crippen molar-refractivity contribution in [2.24, 2.45) is 0 Å². The minimum absolute atomic E-state index is 0.0266. The van der Waals surface area contributed by atoms with Crippen LogP contribution < -0.4 is 5.32 Å². The molecule has 0 bridgehead atoms. The molecule has 1 rings (SSSR count). The van der Waals surface area contributed by atoms with Gasteiger partial charge in [-0.3, -0.25) is 9.59 Å². The largest absolute Gasteiger partial charge is 0.481 e. The van der Waals surface area contributed by atoms with Crippen LogP contribution in [0.25, 0.3) is 0 Å². The van der Waals surface area contributed by atoms with E-state index in [1.807, 2.05) is 0 Å². The van der Waals surface area contributed by atoms with Gasteiger partial charge >= 0.3 is 5.97 Å². The summed E-state index contributed by atoms with van der Waals surface area (Å²) in [6.07, 6.45) is -0.499. The summed E-state index contributed by atoms with van der Waals surface area (Å²) in [4.78, 5) is 21.6. The van der Waals surface area contributed by atoms with E-state index in [9.17, 15) is 18.4 Å². The maximum absolute atomic E-state index is 13.4. The van der Waals surface area contributed by atoms with Gasteiger partial charge in [0.25, 0.3) is 0 Å². The average molecular weight is 257 g/mol. The van der Waals surface area contributed by atoms with Crippen molar-refractivity contribution in [3.8, 4) is 0 Å². The molecule has 0 aliphatic carbocycles. The van der Waals surface area contributed by atoms with Crippen molar-refractivity contribution in [2.75, 3.05) is 0 Å². The van der Waals surface area contributed by atoms with Crippen LogP contribution >= 0.6 is 0 Å². The highest BCUT2D eigenvalue weighted by molar-refractivity contribution is 5.80. The first-order valence-electron chi connectivity index (χ1n) is 5.36. The number of carboxylic acids is 1. The Bertz CT molecular complexity index is 463. The van der Waals surface area contributed by atoms with Crippen molar-refractivity contribution in [2.45, 2.75) is 25.8 Å². The topological polar surface area (TPSA) is 66.4 Å². The van der Waals surface area contributed by atoms with E-state index < -0.39 is 29.6 Å². The van der Waals surface area contributed by atoms with Gasteiger partial charge in [-0.05, 0) is 25.1 Å². The molecule has 6 heteroatoms. The first kappa shape index (κ1) is 14.1. The number of rotatable bonds is 5. The summed E-state index contributed by atoms with van der Waals surface area (Å²) in [5.41, 5.74) is 0.0266. The summed E-state index contributed by atoms with van der Waals surface area (Å²) in [6, 6.07) is 2.24. The van der Waals surface area contributed by atoms with Crippen molar-refractivity contribution in [3.63, 3.8) is 0 Å². The number of nitrogens with one attached hydrogen (secondary N) is 1. The van der Waals surface area contributed by atoms with E-state index in [2.05, 4.69) is 5.32 Å².